The summed E-state index contributed by atoms with van der Waals surface area (Å²) in [6.45, 7) is 1.41. The van der Waals surface area contributed by atoms with Gasteiger partial charge in [0.1, 0.15) is 0 Å². The Morgan fingerprint density at radius 3 is 2.38 bits per heavy atom. The van der Waals surface area contributed by atoms with Gasteiger partial charge in [-0.05, 0) is 18.6 Å². The van der Waals surface area contributed by atoms with E-state index in [1.807, 2.05) is 0 Å². The van der Waals surface area contributed by atoms with Crippen molar-refractivity contribution in [2.45, 2.75) is 13.5 Å². The molecule has 0 amide bonds. The lowest BCUT2D eigenvalue weighted by Gasteiger charge is -2.10. The van der Waals surface area contributed by atoms with Crippen molar-refractivity contribution in [3.8, 4) is 17.2 Å². The molecule has 0 spiro atoms. The van der Waals surface area contributed by atoms with E-state index in [0.29, 0.717) is 11.1 Å². The zero-order chi connectivity index (χ0) is 10.0. The number of rotatable bonds is 2. The number of phenols is 2. The Morgan fingerprint density at radius 1 is 1.31 bits per heavy atom. The molecule has 0 unspecified atom stereocenters. The Labute approximate surface area is 76.0 Å². The summed E-state index contributed by atoms with van der Waals surface area (Å²) in [4.78, 5) is 0. The smallest absolute Gasteiger partial charge is 0.200 e. The summed E-state index contributed by atoms with van der Waals surface area (Å²) < 4.78 is 4.81. The van der Waals surface area contributed by atoms with Crippen molar-refractivity contribution in [3.63, 3.8) is 0 Å². The van der Waals surface area contributed by atoms with E-state index >= 15 is 0 Å². The number of hydrogen-bond acceptors (Lipinski definition) is 4. The third-order valence-corrected chi connectivity index (χ3v) is 1.95. The van der Waals surface area contributed by atoms with E-state index in [0.717, 1.165) is 0 Å². The average Bonchev–Trinajstić information content (AvgIpc) is 2.12. The van der Waals surface area contributed by atoms with Crippen LogP contribution < -0.4 is 4.74 Å². The van der Waals surface area contributed by atoms with E-state index in [-0.39, 0.29) is 23.9 Å². The number of phenolic OH excluding ortho intramolecular Hbond substituents is 1. The molecular weight excluding hydrogens is 172 g/mol. The number of ether oxygens (including phenoxy) is 1. The summed E-state index contributed by atoms with van der Waals surface area (Å²) in [5.74, 6) is -0.455. The summed E-state index contributed by atoms with van der Waals surface area (Å²) >= 11 is 0. The minimum atomic E-state index is -0.336. The zero-order valence-corrected chi connectivity index (χ0v) is 7.53. The molecule has 0 aliphatic rings. The van der Waals surface area contributed by atoms with Crippen LogP contribution in [0.2, 0.25) is 0 Å². The average molecular weight is 184 g/mol. The van der Waals surface area contributed by atoms with Crippen LogP contribution in [0.4, 0.5) is 0 Å². The number of aliphatic hydroxyl groups is 1. The van der Waals surface area contributed by atoms with Crippen molar-refractivity contribution in [2.75, 3.05) is 7.11 Å². The molecule has 0 fully saturated rings. The van der Waals surface area contributed by atoms with Gasteiger partial charge in [0, 0.05) is 5.56 Å². The molecule has 0 saturated carbocycles. The van der Waals surface area contributed by atoms with Gasteiger partial charge in [0.05, 0.1) is 13.7 Å². The summed E-state index contributed by atoms with van der Waals surface area (Å²) in [5, 5.41) is 27.6. The van der Waals surface area contributed by atoms with Gasteiger partial charge >= 0.3 is 0 Å². The van der Waals surface area contributed by atoms with Crippen LogP contribution in [0.15, 0.2) is 6.07 Å². The number of benzene rings is 1. The maximum atomic E-state index is 9.40. The second kappa shape index (κ2) is 3.53. The van der Waals surface area contributed by atoms with Crippen LogP contribution in [0.5, 0.6) is 17.2 Å². The molecule has 0 aromatic heterocycles. The van der Waals surface area contributed by atoms with Gasteiger partial charge in [0.2, 0.25) is 5.75 Å². The molecule has 1 aromatic carbocycles. The first-order chi connectivity index (χ1) is 6.11. The van der Waals surface area contributed by atoms with Crippen molar-refractivity contribution >= 4 is 0 Å². The van der Waals surface area contributed by atoms with Crippen LogP contribution in [0, 0.1) is 6.92 Å². The van der Waals surface area contributed by atoms with E-state index in [9.17, 15) is 10.2 Å². The maximum absolute atomic E-state index is 9.40. The highest BCUT2D eigenvalue weighted by Crippen LogP contribution is 2.39. The van der Waals surface area contributed by atoms with E-state index in [1.165, 1.54) is 7.11 Å². The van der Waals surface area contributed by atoms with Gasteiger partial charge in [-0.25, -0.2) is 0 Å². The van der Waals surface area contributed by atoms with Crippen LogP contribution in [0.25, 0.3) is 0 Å². The number of aryl methyl sites for hydroxylation is 1. The number of methoxy groups -OCH3 is 1. The fourth-order valence-electron chi connectivity index (χ4n) is 1.15. The highest BCUT2D eigenvalue weighted by molar-refractivity contribution is 5.56. The minimum absolute atomic E-state index is 0.201. The van der Waals surface area contributed by atoms with Gasteiger partial charge in [-0.15, -0.1) is 0 Å². The second-order valence-corrected chi connectivity index (χ2v) is 2.73. The Kier molecular flexibility index (Phi) is 2.63. The van der Waals surface area contributed by atoms with Crippen LogP contribution in [-0.2, 0) is 6.61 Å². The Morgan fingerprint density at radius 2 is 1.92 bits per heavy atom. The number of aliphatic hydroxyl groups excluding tert-OH is 1. The summed E-state index contributed by atoms with van der Waals surface area (Å²) in [5.41, 5.74) is 0.993. The van der Waals surface area contributed by atoms with Crippen molar-refractivity contribution < 1.29 is 20.1 Å². The van der Waals surface area contributed by atoms with Crippen LogP contribution in [0.1, 0.15) is 11.1 Å². The highest BCUT2D eigenvalue weighted by Gasteiger charge is 2.14. The third-order valence-electron chi connectivity index (χ3n) is 1.95. The topological polar surface area (TPSA) is 69.9 Å². The van der Waals surface area contributed by atoms with Crippen LogP contribution in [0.3, 0.4) is 0 Å². The maximum Gasteiger partial charge on any atom is 0.200 e. The fourth-order valence-corrected chi connectivity index (χ4v) is 1.15. The van der Waals surface area contributed by atoms with Gasteiger partial charge < -0.3 is 20.1 Å². The largest absolute Gasteiger partial charge is 0.504 e. The summed E-state index contributed by atoms with van der Waals surface area (Å²) in [6, 6.07) is 1.56. The van der Waals surface area contributed by atoms with E-state index in [4.69, 9.17) is 9.84 Å². The quantitative estimate of drug-likeness (QED) is 0.597. The first-order valence-electron chi connectivity index (χ1n) is 3.81. The second-order valence-electron chi connectivity index (χ2n) is 2.73. The number of aromatic hydroxyl groups is 2. The molecule has 3 N–H and O–H groups in total. The highest BCUT2D eigenvalue weighted by atomic mass is 16.5. The molecule has 0 aliphatic carbocycles. The molecular formula is C9H12O4. The molecule has 13 heavy (non-hydrogen) atoms. The Balaban J connectivity index is 3.37. The Hall–Kier alpha value is -1.42. The van der Waals surface area contributed by atoms with Gasteiger partial charge in [0.15, 0.2) is 11.5 Å². The SMILES string of the molecule is COc1cc(C)c(CO)c(O)c1O. The minimum Gasteiger partial charge on any atom is -0.504 e. The molecule has 4 nitrogen and oxygen atoms in total. The van der Waals surface area contributed by atoms with E-state index in [2.05, 4.69) is 0 Å². The summed E-state index contributed by atoms with van der Waals surface area (Å²) in [7, 11) is 1.40. The fraction of sp³-hybridized carbons (Fsp3) is 0.333. The molecule has 0 bridgehead atoms. The van der Waals surface area contributed by atoms with Gasteiger partial charge in [-0.1, -0.05) is 0 Å². The number of hydrogen-bond donors (Lipinski definition) is 3. The van der Waals surface area contributed by atoms with Gasteiger partial charge in [0.25, 0.3) is 0 Å². The van der Waals surface area contributed by atoms with Crippen molar-refractivity contribution in [3.05, 3.63) is 17.2 Å². The van der Waals surface area contributed by atoms with Gasteiger partial charge in [-0.2, -0.15) is 0 Å². The van der Waals surface area contributed by atoms with E-state index < -0.39 is 0 Å². The molecule has 0 saturated heterocycles. The predicted molar refractivity (Wildman–Crippen MR) is 47.0 cm³/mol. The van der Waals surface area contributed by atoms with Crippen molar-refractivity contribution in [2.24, 2.45) is 0 Å². The molecule has 1 aromatic rings. The Bertz CT molecular complexity index is 320. The van der Waals surface area contributed by atoms with Crippen molar-refractivity contribution in [1.29, 1.82) is 0 Å². The van der Waals surface area contributed by atoms with Crippen LogP contribution >= 0.6 is 0 Å². The lowest BCUT2D eigenvalue weighted by Crippen LogP contribution is -1.93. The van der Waals surface area contributed by atoms with Gasteiger partial charge in [-0.3, -0.25) is 0 Å². The summed E-state index contributed by atoms with van der Waals surface area (Å²) in [6.07, 6.45) is 0. The predicted octanol–water partition coefficient (Wildman–Crippen LogP) is 0.907. The molecule has 72 valence electrons. The van der Waals surface area contributed by atoms with E-state index in [1.54, 1.807) is 13.0 Å². The lowest BCUT2D eigenvalue weighted by molar-refractivity contribution is 0.270. The third kappa shape index (κ3) is 1.53. The first kappa shape index (κ1) is 9.67. The molecule has 4 heteroatoms. The first-order valence-corrected chi connectivity index (χ1v) is 3.81. The molecule has 0 heterocycles. The lowest BCUT2D eigenvalue weighted by atomic mass is 10.1. The normalized spacial score (nSPS) is 10.1. The standard InChI is InChI=1S/C9H12O4/c1-5-3-7(13-2)9(12)8(11)6(5)4-10/h3,10-12H,4H2,1-2H3. The zero-order valence-electron chi connectivity index (χ0n) is 7.53. The van der Waals surface area contributed by atoms with Crippen LogP contribution in [-0.4, -0.2) is 22.4 Å². The van der Waals surface area contributed by atoms with Crippen molar-refractivity contribution in [1.82, 2.24) is 0 Å². The molecule has 1 rings (SSSR count). The molecule has 0 atom stereocenters. The molecule has 0 aliphatic heterocycles. The monoisotopic (exact) mass is 184 g/mol. The molecule has 0 radical (unpaired) electrons.